The van der Waals surface area contributed by atoms with Gasteiger partial charge in [-0.15, -0.1) is 0 Å². The van der Waals surface area contributed by atoms with Gasteiger partial charge < -0.3 is 33.8 Å². The van der Waals surface area contributed by atoms with Gasteiger partial charge in [0.05, 0.1) is 26.4 Å². The highest BCUT2D eigenvalue weighted by molar-refractivity contribution is 7.47. The number of carbonyl (C=O) groups excluding carboxylic acids is 4. The van der Waals surface area contributed by atoms with Crippen LogP contribution < -0.4 is 0 Å². The van der Waals surface area contributed by atoms with E-state index in [1.165, 1.54) is 154 Å². The van der Waals surface area contributed by atoms with E-state index in [0.29, 0.717) is 31.6 Å². The van der Waals surface area contributed by atoms with Crippen LogP contribution in [0.15, 0.2) is 0 Å². The molecule has 0 aromatic carbocycles. The number of phosphoric ester groups is 2. The van der Waals surface area contributed by atoms with E-state index in [9.17, 15) is 43.2 Å². The first-order chi connectivity index (χ1) is 43.7. The van der Waals surface area contributed by atoms with Crippen molar-refractivity contribution in [3.8, 4) is 0 Å². The molecule has 0 spiro atoms. The molecular formula is C72H140O17P2. The Morgan fingerprint density at radius 1 is 0.308 bits per heavy atom. The van der Waals surface area contributed by atoms with E-state index < -0.39 is 97.5 Å². The number of rotatable bonds is 69. The van der Waals surface area contributed by atoms with E-state index in [-0.39, 0.29) is 25.7 Å². The second-order valence-corrected chi connectivity index (χ2v) is 30.3. The van der Waals surface area contributed by atoms with Gasteiger partial charge in [-0.05, 0) is 49.4 Å². The van der Waals surface area contributed by atoms with Crippen LogP contribution in [0.4, 0.5) is 0 Å². The standard InChI is InChI=1S/C72H140O17P2/c1-9-64(7)50-42-34-26-17-15-13-11-12-14-16-18-29-38-46-54-71(76)88-67(58-82-69(74)52-44-36-28-21-19-24-32-40-48-62(3)4)60-86-90(78,79)84-56-66(73)57-85-91(80,81)87-61-68(59-83-70(75)53-45-37-31-23-25-33-41-49-63(5)6)89-72(77)55-47-39-30-22-20-27-35-43-51-65(8)10-2/h62-68,73H,9-61H2,1-8H3,(H,78,79)(H,80,81)/t64?,65?,66?,67-,68-/m1/s1. The van der Waals surface area contributed by atoms with Gasteiger partial charge in [-0.3, -0.25) is 37.3 Å². The summed E-state index contributed by atoms with van der Waals surface area (Å²) < 4.78 is 68.3. The van der Waals surface area contributed by atoms with Gasteiger partial charge in [0, 0.05) is 25.7 Å². The van der Waals surface area contributed by atoms with Crippen LogP contribution in [0, 0.1) is 23.7 Å². The van der Waals surface area contributed by atoms with E-state index in [2.05, 4.69) is 55.4 Å². The summed E-state index contributed by atoms with van der Waals surface area (Å²) in [6.07, 6.45) is 44.5. The highest BCUT2D eigenvalue weighted by Gasteiger charge is 2.30. The molecule has 0 aliphatic heterocycles. The molecule has 0 heterocycles. The average molecular weight is 1340 g/mol. The van der Waals surface area contributed by atoms with Crippen molar-refractivity contribution in [2.24, 2.45) is 23.7 Å². The zero-order chi connectivity index (χ0) is 67.5. The van der Waals surface area contributed by atoms with Crippen molar-refractivity contribution in [1.29, 1.82) is 0 Å². The van der Waals surface area contributed by atoms with E-state index in [4.69, 9.17) is 37.0 Å². The summed E-state index contributed by atoms with van der Waals surface area (Å²) in [5, 5.41) is 10.6. The first-order valence-corrected chi connectivity index (χ1v) is 40.3. The number of esters is 4. The number of aliphatic hydroxyl groups is 1. The molecule has 5 unspecified atom stereocenters. The number of hydrogen-bond donors (Lipinski definition) is 3. The zero-order valence-corrected chi connectivity index (χ0v) is 61.3. The van der Waals surface area contributed by atoms with Crippen molar-refractivity contribution in [3.63, 3.8) is 0 Å². The van der Waals surface area contributed by atoms with Gasteiger partial charge in [-0.2, -0.15) is 0 Å². The van der Waals surface area contributed by atoms with Crippen molar-refractivity contribution in [2.75, 3.05) is 39.6 Å². The molecule has 0 fully saturated rings. The minimum absolute atomic E-state index is 0.104. The van der Waals surface area contributed by atoms with Crippen molar-refractivity contribution in [3.05, 3.63) is 0 Å². The summed E-state index contributed by atoms with van der Waals surface area (Å²) in [7, 11) is -9.91. The quantitative estimate of drug-likeness (QED) is 0.0222. The highest BCUT2D eigenvalue weighted by Crippen LogP contribution is 2.45. The van der Waals surface area contributed by atoms with Gasteiger partial charge in [0.15, 0.2) is 12.2 Å². The lowest BCUT2D eigenvalue weighted by atomic mass is 9.99. The third-order valence-electron chi connectivity index (χ3n) is 17.3. The van der Waals surface area contributed by atoms with Gasteiger partial charge in [-0.25, -0.2) is 9.13 Å². The maximum atomic E-state index is 13.0. The molecule has 0 rings (SSSR count). The molecule has 0 amide bonds. The van der Waals surface area contributed by atoms with Gasteiger partial charge >= 0.3 is 39.5 Å². The Morgan fingerprint density at radius 2 is 0.527 bits per heavy atom. The summed E-state index contributed by atoms with van der Waals surface area (Å²) in [5.41, 5.74) is 0. The van der Waals surface area contributed by atoms with Gasteiger partial charge in [0.2, 0.25) is 0 Å². The lowest BCUT2D eigenvalue weighted by Crippen LogP contribution is -2.30. The van der Waals surface area contributed by atoms with Crippen LogP contribution >= 0.6 is 15.6 Å². The van der Waals surface area contributed by atoms with Crippen LogP contribution in [0.2, 0.25) is 0 Å². The third-order valence-corrected chi connectivity index (χ3v) is 19.2. The number of phosphoric acid groups is 2. The Morgan fingerprint density at radius 3 is 0.780 bits per heavy atom. The van der Waals surface area contributed by atoms with Crippen LogP contribution in [0.1, 0.15) is 357 Å². The second-order valence-electron chi connectivity index (χ2n) is 27.4. The number of unbranched alkanes of at least 4 members (excludes halogenated alkanes) is 33. The molecule has 0 saturated heterocycles. The lowest BCUT2D eigenvalue weighted by Gasteiger charge is -2.21. The second kappa shape index (κ2) is 61.6. The summed E-state index contributed by atoms with van der Waals surface area (Å²) in [4.78, 5) is 72.6. The summed E-state index contributed by atoms with van der Waals surface area (Å²) in [6.45, 7) is 14.1. The topological polar surface area (TPSA) is 237 Å². The van der Waals surface area contributed by atoms with Crippen molar-refractivity contribution < 1.29 is 80.2 Å². The van der Waals surface area contributed by atoms with E-state index in [1.807, 2.05) is 0 Å². The molecular weight excluding hydrogens is 1200 g/mol. The number of ether oxygens (including phenoxy) is 4. The van der Waals surface area contributed by atoms with Crippen LogP contribution in [0.25, 0.3) is 0 Å². The predicted octanol–water partition coefficient (Wildman–Crippen LogP) is 20.5. The van der Waals surface area contributed by atoms with E-state index >= 15 is 0 Å². The summed E-state index contributed by atoms with van der Waals surface area (Å²) in [5.74, 6) is 0.918. The minimum atomic E-state index is -4.95. The first kappa shape index (κ1) is 89.1. The number of aliphatic hydroxyl groups excluding tert-OH is 1. The molecule has 0 bridgehead atoms. The van der Waals surface area contributed by atoms with Crippen molar-refractivity contribution >= 4 is 39.5 Å². The molecule has 0 aromatic heterocycles. The molecule has 17 nitrogen and oxygen atoms in total. The molecule has 3 N–H and O–H groups in total. The molecule has 0 aliphatic carbocycles. The van der Waals surface area contributed by atoms with E-state index in [1.54, 1.807) is 0 Å². The van der Waals surface area contributed by atoms with Crippen LogP contribution in [-0.4, -0.2) is 96.7 Å². The summed E-state index contributed by atoms with van der Waals surface area (Å²) in [6, 6.07) is 0. The molecule has 7 atom stereocenters. The minimum Gasteiger partial charge on any atom is -0.462 e. The molecule has 19 heteroatoms. The maximum absolute atomic E-state index is 13.0. The average Bonchev–Trinajstić information content (AvgIpc) is 3.72. The molecule has 0 aromatic rings. The number of hydrogen-bond acceptors (Lipinski definition) is 15. The Kier molecular flexibility index (Phi) is 60.3. The molecule has 0 aliphatic rings. The van der Waals surface area contributed by atoms with Crippen molar-refractivity contribution in [2.45, 2.75) is 375 Å². The molecule has 91 heavy (non-hydrogen) atoms. The molecule has 540 valence electrons. The smallest absolute Gasteiger partial charge is 0.462 e. The van der Waals surface area contributed by atoms with E-state index in [0.717, 1.165) is 114 Å². The Balaban J connectivity index is 5.24. The normalized spacial score (nSPS) is 14.8. The molecule has 0 saturated carbocycles. The van der Waals surface area contributed by atoms with Gasteiger partial charge in [0.25, 0.3) is 0 Å². The lowest BCUT2D eigenvalue weighted by molar-refractivity contribution is -0.161. The Labute approximate surface area is 556 Å². The summed E-state index contributed by atoms with van der Waals surface area (Å²) >= 11 is 0. The molecule has 0 radical (unpaired) electrons. The monoisotopic (exact) mass is 1340 g/mol. The highest BCUT2D eigenvalue weighted by atomic mass is 31.2. The fourth-order valence-corrected chi connectivity index (χ4v) is 12.4. The third kappa shape index (κ3) is 63.9. The predicted molar refractivity (Wildman–Crippen MR) is 367 cm³/mol. The van der Waals surface area contributed by atoms with Crippen LogP contribution in [-0.2, 0) is 65.4 Å². The van der Waals surface area contributed by atoms with Gasteiger partial charge in [-0.1, -0.05) is 306 Å². The Hall–Kier alpha value is -1.94. The van der Waals surface area contributed by atoms with Crippen LogP contribution in [0.3, 0.4) is 0 Å². The number of carbonyl (C=O) groups is 4. The Bertz CT molecular complexity index is 1800. The van der Waals surface area contributed by atoms with Crippen molar-refractivity contribution in [1.82, 2.24) is 0 Å². The fraction of sp³-hybridized carbons (Fsp3) is 0.944. The first-order valence-electron chi connectivity index (χ1n) is 37.3. The SMILES string of the molecule is CCC(C)CCCCCCCCCCCCCCCCC(=O)O[C@H](COC(=O)CCCCCCCCCCC(C)C)COP(=O)(O)OCC(O)COP(=O)(O)OC[C@@H](COC(=O)CCCCCCCCCC(C)C)OC(=O)CCCCCCCCCCC(C)CC. The van der Waals surface area contributed by atoms with Crippen LogP contribution in [0.5, 0.6) is 0 Å². The van der Waals surface area contributed by atoms with Gasteiger partial charge in [0.1, 0.15) is 19.3 Å². The maximum Gasteiger partial charge on any atom is 0.472 e. The fourth-order valence-electron chi connectivity index (χ4n) is 10.8. The largest absolute Gasteiger partial charge is 0.472 e. The zero-order valence-electron chi connectivity index (χ0n) is 59.5.